The summed E-state index contributed by atoms with van der Waals surface area (Å²) >= 11 is 0. The third-order valence-electron chi connectivity index (χ3n) is 5.29. The summed E-state index contributed by atoms with van der Waals surface area (Å²) in [7, 11) is -8.03. The lowest BCUT2D eigenvalue weighted by molar-refractivity contribution is -0.112. The van der Waals surface area contributed by atoms with E-state index in [4.69, 9.17) is 0 Å². The average Bonchev–Trinajstić information content (AvgIpc) is 2.73. The van der Waals surface area contributed by atoms with Gasteiger partial charge in [0.05, 0.1) is 20.6 Å². The van der Waals surface area contributed by atoms with Crippen molar-refractivity contribution in [3.63, 3.8) is 0 Å². The molecule has 7 nitrogen and oxygen atoms in total. The van der Waals surface area contributed by atoms with Gasteiger partial charge in [0.25, 0.3) is 0 Å². The SMILES string of the molecule is O=C(C1=C(C2=CNC=CS2(=O)=O)C(F)=CCC1)C1=C(C2=CNC=CS2(=O)=O)C(F)=CCC1. The molecule has 0 spiro atoms. The molecule has 0 saturated heterocycles. The van der Waals surface area contributed by atoms with Crippen molar-refractivity contribution in [1.29, 1.82) is 0 Å². The van der Waals surface area contributed by atoms with Crippen LogP contribution in [0.1, 0.15) is 25.7 Å². The maximum atomic E-state index is 14.9. The van der Waals surface area contributed by atoms with Crippen molar-refractivity contribution in [3.8, 4) is 0 Å². The van der Waals surface area contributed by atoms with Crippen LogP contribution in [-0.4, -0.2) is 22.6 Å². The predicted octanol–water partition coefficient (Wildman–Crippen LogP) is 3.10. The van der Waals surface area contributed by atoms with Crippen LogP contribution < -0.4 is 10.6 Å². The van der Waals surface area contributed by atoms with Crippen molar-refractivity contribution in [2.24, 2.45) is 0 Å². The lowest BCUT2D eigenvalue weighted by atomic mass is 9.84. The van der Waals surface area contributed by atoms with Crippen molar-refractivity contribution in [2.45, 2.75) is 25.7 Å². The van der Waals surface area contributed by atoms with Crippen LogP contribution in [0, 0.1) is 0 Å². The molecule has 0 saturated carbocycles. The van der Waals surface area contributed by atoms with Crippen LogP contribution in [0.5, 0.6) is 0 Å². The smallest absolute Gasteiger partial charge is 0.203 e. The Bertz CT molecular complexity index is 1270. The third-order valence-corrected chi connectivity index (χ3v) is 8.15. The minimum Gasteiger partial charge on any atom is -0.366 e. The van der Waals surface area contributed by atoms with Gasteiger partial charge in [-0.15, -0.1) is 0 Å². The van der Waals surface area contributed by atoms with Crippen molar-refractivity contribution < 1.29 is 30.4 Å². The molecule has 0 aromatic heterocycles. The van der Waals surface area contributed by atoms with Crippen molar-refractivity contribution in [3.05, 3.63) is 91.5 Å². The van der Waals surface area contributed by atoms with Crippen LogP contribution in [0.2, 0.25) is 0 Å². The van der Waals surface area contributed by atoms with Gasteiger partial charge in [0.1, 0.15) is 11.7 Å². The molecule has 0 amide bonds. The van der Waals surface area contributed by atoms with Crippen molar-refractivity contribution >= 4 is 25.5 Å². The summed E-state index contributed by atoms with van der Waals surface area (Å²) in [6.07, 6.45) is 7.15. The number of carbonyl (C=O) groups is 1. The average molecular weight is 481 g/mol. The second-order valence-electron chi connectivity index (χ2n) is 7.26. The molecule has 2 N–H and O–H groups in total. The molecule has 0 aromatic carbocycles. The minimum absolute atomic E-state index is 0.0181. The summed E-state index contributed by atoms with van der Waals surface area (Å²) in [6.45, 7) is 0. The fraction of sp³-hybridized carbons (Fsp3) is 0.190. The molecule has 4 rings (SSSR count). The van der Waals surface area contributed by atoms with Gasteiger partial charge < -0.3 is 10.6 Å². The first kappa shape index (κ1) is 22.2. The summed E-state index contributed by atoms with van der Waals surface area (Å²) in [5, 5.41) is 6.86. The Morgan fingerprint density at radius 2 is 1.16 bits per heavy atom. The highest BCUT2D eigenvalue weighted by Gasteiger charge is 2.36. The molecule has 0 fully saturated rings. The molecule has 0 aromatic rings. The minimum atomic E-state index is -4.02. The van der Waals surface area contributed by atoms with E-state index < -0.39 is 58.1 Å². The number of ketones is 1. The van der Waals surface area contributed by atoms with Gasteiger partial charge in [0, 0.05) is 47.1 Å². The summed E-state index contributed by atoms with van der Waals surface area (Å²) in [4.78, 5) is 12.7. The van der Waals surface area contributed by atoms with Gasteiger partial charge in [-0.05, 0) is 37.8 Å². The fourth-order valence-electron chi connectivity index (χ4n) is 3.84. The molecule has 0 bridgehead atoms. The number of sulfone groups is 2. The Morgan fingerprint density at radius 3 is 1.53 bits per heavy atom. The monoisotopic (exact) mass is 480 g/mol. The number of allylic oxidation sites excluding steroid dienone is 8. The maximum Gasteiger partial charge on any atom is 0.203 e. The summed E-state index contributed by atoms with van der Waals surface area (Å²) in [6, 6.07) is 0. The Hall–Kier alpha value is -3.05. The zero-order chi connectivity index (χ0) is 23.1. The standard InChI is InChI=1S/C21H18F2N2O5S2/c22-15-5-1-3-13(19(15)17-11-24-7-9-31(17,27)28)21(26)14-4-2-6-16(23)20(14)18-12-25-8-10-32(18,29)30/h5-12,24-25H,1-4H2. The highest BCUT2D eigenvalue weighted by atomic mass is 32.2. The number of hydrogen-bond acceptors (Lipinski definition) is 7. The first-order valence-corrected chi connectivity index (χ1v) is 12.7. The van der Waals surface area contributed by atoms with E-state index in [1.807, 2.05) is 0 Å². The lowest BCUT2D eigenvalue weighted by Gasteiger charge is -2.24. The normalized spacial score (nSPS) is 24.1. The molecule has 168 valence electrons. The van der Waals surface area contributed by atoms with E-state index in [2.05, 4.69) is 10.6 Å². The molecule has 0 radical (unpaired) electrons. The first-order chi connectivity index (χ1) is 15.1. The number of nitrogens with one attached hydrogen (secondary N) is 2. The molecule has 0 unspecified atom stereocenters. The fourth-order valence-corrected chi connectivity index (χ4v) is 6.13. The highest BCUT2D eigenvalue weighted by molar-refractivity contribution is 7.98. The molecule has 0 atom stereocenters. The van der Waals surface area contributed by atoms with E-state index in [0.717, 1.165) is 35.6 Å². The first-order valence-electron chi connectivity index (χ1n) is 9.63. The maximum absolute atomic E-state index is 14.9. The van der Waals surface area contributed by atoms with Gasteiger partial charge >= 0.3 is 0 Å². The molecule has 11 heteroatoms. The van der Waals surface area contributed by atoms with Crippen LogP contribution in [0.4, 0.5) is 8.78 Å². The molecular formula is C21H18F2N2O5S2. The van der Waals surface area contributed by atoms with E-state index in [1.54, 1.807) is 0 Å². The molecular weight excluding hydrogens is 462 g/mol. The third kappa shape index (κ3) is 3.82. The zero-order valence-electron chi connectivity index (χ0n) is 16.6. The number of Topliss-reactive ketones (excluding diaryl/α,β-unsaturated/α-hetero) is 1. The van der Waals surface area contributed by atoms with Gasteiger partial charge in [-0.1, -0.05) is 0 Å². The largest absolute Gasteiger partial charge is 0.366 e. The van der Waals surface area contributed by atoms with Crippen molar-refractivity contribution in [1.82, 2.24) is 10.6 Å². The predicted molar refractivity (Wildman–Crippen MR) is 114 cm³/mol. The lowest BCUT2D eigenvalue weighted by Crippen LogP contribution is -2.22. The van der Waals surface area contributed by atoms with E-state index in [1.165, 1.54) is 12.2 Å². The summed E-state index contributed by atoms with van der Waals surface area (Å²) < 4.78 is 79.7. The van der Waals surface area contributed by atoms with E-state index in [0.29, 0.717) is 0 Å². The quantitative estimate of drug-likeness (QED) is 0.636. The molecule has 32 heavy (non-hydrogen) atoms. The van der Waals surface area contributed by atoms with Crippen molar-refractivity contribution in [2.75, 3.05) is 0 Å². The van der Waals surface area contributed by atoms with E-state index in [-0.39, 0.29) is 36.8 Å². The van der Waals surface area contributed by atoms with Crippen LogP contribution in [0.25, 0.3) is 0 Å². The van der Waals surface area contributed by atoms with Gasteiger partial charge in [0.2, 0.25) is 19.7 Å². The summed E-state index contributed by atoms with van der Waals surface area (Å²) in [5.74, 6) is -2.54. The van der Waals surface area contributed by atoms with Gasteiger partial charge in [0.15, 0.2) is 5.78 Å². The van der Waals surface area contributed by atoms with E-state index in [9.17, 15) is 30.4 Å². The second kappa shape index (κ2) is 8.14. The van der Waals surface area contributed by atoms with Gasteiger partial charge in [-0.3, -0.25) is 4.79 Å². The van der Waals surface area contributed by atoms with Crippen LogP contribution in [0.3, 0.4) is 0 Å². The zero-order valence-corrected chi connectivity index (χ0v) is 18.2. The molecule has 2 heterocycles. The highest BCUT2D eigenvalue weighted by Crippen LogP contribution is 2.41. The Morgan fingerprint density at radius 1 is 0.750 bits per heavy atom. The van der Waals surface area contributed by atoms with Crippen LogP contribution in [0.15, 0.2) is 91.5 Å². The number of carbonyl (C=O) groups excluding carboxylic acids is 1. The number of rotatable bonds is 4. The number of hydrogen-bond donors (Lipinski definition) is 2. The second-order valence-corrected chi connectivity index (χ2v) is 10.9. The van der Waals surface area contributed by atoms with Crippen LogP contribution >= 0.6 is 0 Å². The molecule has 2 aliphatic heterocycles. The Labute approximate surface area is 183 Å². The van der Waals surface area contributed by atoms with E-state index >= 15 is 0 Å². The summed E-state index contributed by atoms with van der Waals surface area (Å²) in [5.41, 5.74) is -1.07. The topological polar surface area (TPSA) is 109 Å². The Balaban J connectivity index is 1.92. The van der Waals surface area contributed by atoms with Gasteiger partial charge in [-0.25, -0.2) is 25.6 Å². The molecule has 4 aliphatic rings. The van der Waals surface area contributed by atoms with Gasteiger partial charge in [-0.2, -0.15) is 0 Å². The Kier molecular flexibility index (Phi) is 5.63. The molecule has 2 aliphatic carbocycles. The van der Waals surface area contributed by atoms with Crippen LogP contribution in [-0.2, 0) is 24.5 Å². The number of halogens is 2.